The maximum atomic E-state index is 10.8. The maximum Gasteiger partial charge on any atom is 0.269 e. The summed E-state index contributed by atoms with van der Waals surface area (Å²) in [6, 6.07) is 6.51. The third kappa shape index (κ3) is 9.72. The third-order valence-electron chi connectivity index (χ3n) is 4.45. The molecule has 1 saturated heterocycles. The van der Waals surface area contributed by atoms with Crippen LogP contribution in [0.15, 0.2) is 29.3 Å². The van der Waals surface area contributed by atoms with Gasteiger partial charge in [-0.15, -0.1) is 24.0 Å². The van der Waals surface area contributed by atoms with E-state index in [-0.39, 0.29) is 35.8 Å². The van der Waals surface area contributed by atoms with E-state index in [1.807, 2.05) is 0 Å². The Morgan fingerprint density at radius 3 is 2.69 bits per heavy atom. The first-order chi connectivity index (χ1) is 13.5. The van der Waals surface area contributed by atoms with Crippen LogP contribution in [-0.2, 0) is 11.3 Å². The lowest BCUT2D eigenvalue weighted by molar-refractivity contribution is -0.384. The van der Waals surface area contributed by atoms with E-state index in [4.69, 9.17) is 4.74 Å². The van der Waals surface area contributed by atoms with Gasteiger partial charge in [-0.1, -0.05) is 32.9 Å². The molecule has 1 aliphatic rings. The predicted octanol–water partition coefficient (Wildman–Crippen LogP) is 3.01. The van der Waals surface area contributed by atoms with E-state index in [1.54, 1.807) is 12.1 Å². The lowest BCUT2D eigenvalue weighted by Crippen LogP contribution is -2.50. The molecule has 29 heavy (non-hydrogen) atoms. The summed E-state index contributed by atoms with van der Waals surface area (Å²) in [6.07, 6.45) is 1.14. The average Bonchev–Trinajstić information content (AvgIpc) is 2.67. The largest absolute Gasteiger partial charge is 0.374 e. The Labute approximate surface area is 190 Å². The van der Waals surface area contributed by atoms with Gasteiger partial charge in [-0.25, -0.2) is 4.99 Å². The normalized spacial score (nSPS) is 17.7. The molecule has 9 heteroatoms. The second kappa shape index (κ2) is 13.7. The number of hydrogen-bond donors (Lipinski definition) is 2. The van der Waals surface area contributed by atoms with E-state index in [2.05, 4.69) is 41.3 Å². The van der Waals surface area contributed by atoms with Crippen LogP contribution in [0.2, 0.25) is 0 Å². The minimum Gasteiger partial charge on any atom is -0.374 e. The highest BCUT2D eigenvalue weighted by atomic mass is 127. The van der Waals surface area contributed by atoms with Gasteiger partial charge in [0.05, 0.1) is 24.2 Å². The summed E-state index contributed by atoms with van der Waals surface area (Å²) in [6.45, 7) is 12.3. The Hall–Kier alpha value is -1.46. The molecular weight excluding hydrogens is 485 g/mol. The average molecular weight is 519 g/mol. The van der Waals surface area contributed by atoms with E-state index in [9.17, 15) is 10.1 Å². The fourth-order valence-electron chi connectivity index (χ4n) is 3.11. The fraction of sp³-hybridized carbons (Fsp3) is 0.650. The number of nitro benzene ring substituents is 1. The molecule has 0 bridgehead atoms. The Bertz CT molecular complexity index is 640. The predicted molar refractivity (Wildman–Crippen MR) is 127 cm³/mol. The van der Waals surface area contributed by atoms with Crippen LogP contribution in [0, 0.1) is 16.0 Å². The second-order valence-corrected chi connectivity index (χ2v) is 7.54. The van der Waals surface area contributed by atoms with Crippen molar-refractivity contribution in [3.63, 3.8) is 0 Å². The molecule has 1 heterocycles. The minimum absolute atomic E-state index is 0. The van der Waals surface area contributed by atoms with Crippen molar-refractivity contribution >= 4 is 35.6 Å². The van der Waals surface area contributed by atoms with Crippen LogP contribution >= 0.6 is 24.0 Å². The Balaban J connectivity index is 0.00000420. The van der Waals surface area contributed by atoms with Gasteiger partial charge in [-0.2, -0.15) is 0 Å². The Kier molecular flexibility index (Phi) is 12.1. The molecule has 2 rings (SSSR count). The number of nitro groups is 1. The van der Waals surface area contributed by atoms with Crippen molar-refractivity contribution in [2.75, 3.05) is 39.3 Å². The van der Waals surface area contributed by atoms with Gasteiger partial charge < -0.3 is 15.4 Å². The first-order valence-electron chi connectivity index (χ1n) is 10.1. The number of morpholine rings is 1. The van der Waals surface area contributed by atoms with Crippen molar-refractivity contribution in [1.82, 2.24) is 15.5 Å². The number of ether oxygens (including phenoxy) is 1. The fourth-order valence-corrected chi connectivity index (χ4v) is 3.11. The molecule has 1 atom stereocenters. The number of aliphatic imine (C=N–C) groups is 1. The van der Waals surface area contributed by atoms with Gasteiger partial charge >= 0.3 is 0 Å². The highest BCUT2D eigenvalue weighted by Gasteiger charge is 2.21. The molecule has 1 unspecified atom stereocenters. The summed E-state index contributed by atoms with van der Waals surface area (Å²) in [5.74, 6) is 1.39. The summed E-state index contributed by atoms with van der Waals surface area (Å²) in [5.41, 5.74) is 1.02. The van der Waals surface area contributed by atoms with E-state index in [0.29, 0.717) is 19.0 Å². The summed E-state index contributed by atoms with van der Waals surface area (Å²) in [7, 11) is 0. The SMILES string of the molecule is CCCNC(=NCc1ccc([N+](=O)[O-])cc1)NCC1CN(CC(C)C)CCO1.I. The van der Waals surface area contributed by atoms with Crippen LogP contribution in [0.4, 0.5) is 5.69 Å². The summed E-state index contributed by atoms with van der Waals surface area (Å²) in [4.78, 5) is 17.4. The number of nitrogens with one attached hydrogen (secondary N) is 2. The first kappa shape index (κ1) is 25.6. The third-order valence-corrected chi connectivity index (χ3v) is 4.45. The number of nitrogens with zero attached hydrogens (tertiary/aromatic N) is 3. The number of guanidine groups is 1. The van der Waals surface area contributed by atoms with Crippen molar-refractivity contribution in [3.8, 4) is 0 Å². The zero-order valence-electron chi connectivity index (χ0n) is 17.6. The van der Waals surface area contributed by atoms with E-state index >= 15 is 0 Å². The molecule has 0 radical (unpaired) electrons. The van der Waals surface area contributed by atoms with Crippen LogP contribution in [0.5, 0.6) is 0 Å². The van der Waals surface area contributed by atoms with E-state index in [0.717, 1.165) is 50.7 Å². The second-order valence-electron chi connectivity index (χ2n) is 7.54. The lowest BCUT2D eigenvalue weighted by Gasteiger charge is -2.34. The molecule has 8 nitrogen and oxygen atoms in total. The van der Waals surface area contributed by atoms with Gasteiger partial charge in [-0.05, 0) is 17.9 Å². The number of hydrogen-bond acceptors (Lipinski definition) is 5. The highest BCUT2D eigenvalue weighted by molar-refractivity contribution is 14.0. The van der Waals surface area contributed by atoms with Crippen molar-refractivity contribution in [1.29, 1.82) is 0 Å². The van der Waals surface area contributed by atoms with Crippen LogP contribution in [0.3, 0.4) is 0 Å². The van der Waals surface area contributed by atoms with Crippen LogP contribution in [-0.4, -0.2) is 61.2 Å². The monoisotopic (exact) mass is 519 g/mol. The topological polar surface area (TPSA) is 92.0 Å². The Morgan fingerprint density at radius 2 is 2.07 bits per heavy atom. The molecule has 0 spiro atoms. The maximum absolute atomic E-state index is 10.8. The smallest absolute Gasteiger partial charge is 0.269 e. The molecular formula is C20H34IN5O3. The van der Waals surface area contributed by atoms with Crippen molar-refractivity contribution in [2.24, 2.45) is 10.9 Å². The zero-order chi connectivity index (χ0) is 20.4. The van der Waals surface area contributed by atoms with Crippen LogP contribution in [0.25, 0.3) is 0 Å². The molecule has 0 aliphatic carbocycles. The number of halogens is 1. The van der Waals surface area contributed by atoms with Crippen molar-refractivity contribution in [2.45, 2.75) is 39.8 Å². The molecule has 0 aromatic heterocycles. The molecule has 2 N–H and O–H groups in total. The first-order valence-corrected chi connectivity index (χ1v) is 10.1. The molecule has 164 valence electrons. The van der Waals surface area contributed by atoms with Gasteiger partial charge in [0.15, 0.2) is 5.96 Å². The van der Waals surface area contributed by atoms with Crippen molar-refractivity contribution in [3.05, 3.63) is 39.9 Å². The van der Waals surface area contributed by atoms with Gasteiger partial charge in [0.1, 0.15) is 0 Å². The van der Waals surface area contributed by atoms with Crippen molar-refractivity contribution < 1.29 is 9.66 Å². The van der Waals surface area contributed by atoms with Gasteiger partial charge in [0.25, 0.3) is 5.69 Å². The van der Waals surface area contributed by atoms with Crippen LogP contribution in [0.1, 0.15) is 32.8 Å². The number of rotatable bonds is 9. The van der Waals surface area contributed by atoms with Gasteiger partial charge in [-0.3, -0.25) is 15.0 Å². The Morgan fingerprint density at radius 1 is 1.34 bits per heavy atom. The molecule has 0 amide bonds. The molecule has 0 saturated carbocycles. The van der Waals surface area contributed by atoms with E-state index in [1.165, 1.54) is 12.1 Å². The molecule has 1 fully saturated rings. The van der Waals surface area contributed by atoms with Gasteiger partial charge in [0.2, 0.25) is 0 Å². The minimum atomic E-state index is -0.393. The van der Waals surface area contributed by atoms with Crippen LogP contribution < -0.4 is 10.6 Å². The quantitative estimate of drug-likeness (QED) is 0.171. The number of benzene rings is 1. The van der Waals surface area contributed by atoms with E-state index < -0.39 is 4.92 Å². The number of non-ortho nitro benzene ring substituents is 1. The zero-order valence-corrected chi connectivity index (χ0v) is 19.9. The van der Waals surface area contributed by atoms with Gasteiger partial charge in [0, 0.05) is 44.9 Å². The molecule has 1 aromatic carbocycles. The molecule has 1 aliphatic heterocycles. The summed E-state index contributed by atoms with van der Waals surface area (Å²) < 4.78 is 5.89. The molecule has 1 aromatic rings. The summed E-state index contributed by atoms with van der Waals surface area (Å²) in [5, 5.41) is 17.4. The summed E-state index contributed by atoms with van der Waals surface area (Å²) >= 11 is 0. The standard InChI is InChI=1S/C20H33N5O3.HI/c1-4-9-21-20(22-12-17-5-7-18(8-6-17)25(26)27)23-13-19-15-24(10-11-28-19)14-16(2)3;/h5-8,16,19H,4,9-15H2,1-3H3,(H2,21,22,23);1H. The highest BCUT2D eigenvalue weighted by Crippen LogP contribution is 2.12. The lowest BCUT2D eigenvalue weighted by atomic mass is 10.2.